The molecule has 0 radical (unpaired) electrons. The number of anilines is 4. The number of aryl methyl sites for hydroxylation is 4. The van der Waals surface area contributed by atoms with E-state index in [4.69, 9.17) is 17.2 Å². The number of carbonyl (C=O) groups is 2. The van der Waals surface area contributed by atoms with Crippen LogP contribution in [-0.4, -0.2) is 16.9 Å². The molecule has 7 nitrogen and oxygen atoms in total. The largest absolute Gasteiger partial charge is 0.507 e. The number of benzene rings is 3. The highest BCUT2D eigenvalue weighted by Crippen LogP contribution is 2.35. The maximum Gasteiger partial charge on any atom is 0.266 e. The number of hydrogen-bond acceptors (Lipinski definition) is 5. The molecule has 0 spiro atoms. The Hall–Kier alpha value is -4.00. The number of phenols is 1. The highest BCUT2D eigenvalue weighted by Gasteiger charge is 2.25. The Morgan fingerprint density at radius 1 is 0.774 bits per heavy atom. The first-order valence-electron chi connectivity index (χ1n) is 9.72. The quantitative estimate of drug-likeness (QED) is 0.477. The van der Waals surface area contributed by atoms with Crippen LogP contribution in [0.3, 0.4) is 0 Å². The van der Waals surface area contributed by atoms with Crippen molar-refractivity contribution in [2.45, 2.75) is 27.7 Å². The van der Waals surface area contributed by atoms with E-state index < -0.39 is 11.8 Å². The predicted molar refractivity (Wildman–Crippen MR) is 124 cm³/mol. The third-order valence-electron chi connectivity index (χ3n) is 5.39. The normalized spacial score (nSPS) is 10.7. The maximum absolute atomic E-state index is 13.7. The Labute approximate surface area is 181 Å². The minimum Gasteiger partial charge on any atom is -0.507 e. The molecule has 3 aromatic rings. The maximum atomic E-state index is 13.7. The van der Waals surface area contributed by atoms with E-state index in [2.05, 4.69) is 0 Å². The summed E-state index contributed by atoms with van der Waals surface area (Å²) < 4.78 is 0. The molecule has 31 heavy (non-hydrogen) atoms. The van der Waals surface area contributed by atoms with E-state index in [1.54, 1.807) is 0 Å². The number of nitrogens with two attached hydrogens (primary N) is 3. The van der Waals surface area contributed by atoms with Crippen LogP contribution in [0.25, 0.3) is 0 Å². The summed E-state index contributed by atoms with van der Waals surface area (Å²) >= 11 is 0. The van der Waals surface area contributed by atoms with Crippen molar-refractivity contribution in [1.29, 1.82) is 0 Å². The predicted octanol–water partition coefficient (Wildman–Crippen LogP) is 3.87. The minimum absolute atomic E-state index is 0.0317. The van der Waals surface area contributed by atoms with Crippen molar-refractivity contribution in [1.82, 2.24) is 0 Å². The molecule has 0 aliphatic heterocycles. The fourth-order valence-corrected chi connectivity index (χ4v) is 3.53. The van der Waals surface area contributed by atoms with Crippen LogP contribution in [-0.2, 0) is 0 Å². The average Bonchev–Trinajstić information content (AvgIpc) is 2.69. The second kappa shape index (κ2) is 8.02. The second-order valence-corrected chi connectivity index (χ2v) is 7.72. The van der Waals surface area contributed by atoms with Gasteiger partial charge in [0.1, 0.15) is 5.75 Å². The van der Waals surface area contributed by atoms with Gasteiger partial charge in [-0.1, -0.05) is 0 Å². The summed E-state index contributed by atoms with van der Waals surface area (Å²) in [6.07, 6.45) is 0. The Morgan fingerprint density at radius 2 is 1.19 bits per heavy atom. The molecule has 3 rings (SSSR count). The third-order valence-corrected chi connectivity index (χ3v) is 5.39. The molecule has 0 saturated carbocycles. The van der Waals surface area contributed by atoms with Crippen molar-refractivity contribution >= 4 is 34.6 Å². The summed E-state index contributed by atoms with van der Waals surface area (Å²) in [5.74, 6) is -1.50. The molecule has 160 valence electrons. The lowest BCUT2D eigenvalue weighted by molar-refractivity contribution is 0.0985. The van der Waals surface area contributed by atoms with Gasteiger partial charge >= 0.3 is 0 Å². The van der Waals surface area contributed by atoms with Gasteiger partial charge in [-0.05, 0) is 92.4 Å². The molecule has 0 saturated heterocycles. The highest BCUT2D eigenvalue weighted by molar-refractivity contribution is 6.13. The van der Waals surface area contributed by atoms with Gasteiger partial charge in [-0.3, -0.25) is 14.5 Å². The SMILES string of the molecule is Cc1cc(N(C(=O)c2ccc(C(N)=O)cc2O)c2cc(C)c(N)c(C)c2)cc(C)c1N. The summed E-state index contributed by atoms with van der Waals surface area (Å²) in [5, 5.41) is 10.5. The van der Waals surface area contributed by atoms with E-state index in [1.807, 2.05) is 52.0 Å². The van der Waals surface area contributed by atoms with E-state index in [0.29, 0.717) is 22.7 Å². The first-order chi connectivity index (χ1) is 14.5. The van der Waals surface area contributed by atoms with E-state index >= 15 is 0 Å². The number of nitrogen functional groups attached to an aromatic ring is 2. The Morgan fingerprint density at radius 3 is 1.55 bits per heavy atom. The van der Waals surface area contributed by atoms with Crippen molar-refractivity contribution in [2.24, 2.45) is 5.73 Å². The van der Waals surface area contributed by atoms with E-state index in [-0.39, 0.29) is 16.9 Å². The summed E-state index contributed by atoms with van der Waals surface area (Å²) in [6.45, 7) is 7.47. The van der Waals surface area contributed by atoms with Gasteiger partial charge in [-0.15, -0.1) is 0 Å². The Bertz CT molecular complexity index is 1110. The van der Waals surface area contributed by atoms with E-state index in [0.717, 1.165) is 22.3 Å². The summed E-state index contributed by atoms with van der Waals surface area (Å²) in [7, 11) is 0. The van der Waals surface area contributed by atoms with Crippen molar-refractivity contribution in [3.05, 3.63) is 75.8 Å². The highest BCUT2D eigenvalue weighted by atomic mass is 16.3. The molecular formula is C24H26N4O3. The van der Waals surface area contributed by atoms with Gasteiger partial charge in [0.2, 0.25) is 5.91 Å². The molecule has 0 heterocycles. The second-order valence-electron chi connectivity index (χ2n) is 7.72. The summed E-state index contributed by atoms with van der Waals surface area (Å²) in [4.78, 5) is 26.6. The van der Waals surface area contributed by atoms with Crippen LogP contribution in [0.4, 0.5) is 22.7 Å². The number of hydrogen-bond donors (Lipinski definition) is 4. The number of primary amides is 1. The number of phenolic OH excluding ortho intramolecular Hbond substituents is 1. The zero-order valence-corrected chi connectivity index (χ0v) is 18.0. The van der Waals surface area contributed by atoms with Gasteiger partial charge in [0.05, 0.1) is 5.56 Å². The fourth-order valence-electron chi connectivity index (χ4n) is 3.53. The lowest BCUT2D eigenvalue weighted by Gasteiger charge is -2.26. The zero-order valence-electron chi connectivity index (χ0n) is 18.0. The zero-order chi connectivity index (χ0) is 23.0. The lowest BCUT2D eigenvalue weighted by Crippen LogP contribution is -2.27. The van der Waals surface area contributed by atoms with Crippen LogP contribution < -0.4 is 22.1 Å². The van der Waals surface area contributed by atoms with Gasteiger partial charge in [-0.2, -0.15) is 0 Å². The van der Waals surface area contributed by atoms with Gasteiger partial charge < -0.3 is 22.3 Å². The van der Waals surface area contributed by atoms with Gasteiger partial charge in [0.15, 0.2) is 0 Å². The Balaban J connectivity index is 2.24. The number of rotatable bonds is 4. The monoisotopic (exact) mass is 418 g/mol. The lowest BCUT2D eigenvalue weighted by atomic mass is 10.0. The molecule has 7 heteroatoms. The summed E-state index contributed by atoms with van der Waals surface area (Å²) in [5.41, 5.74) is 23.4. The first kappa shape index (κ1) is 21.7. The molecule has 0 fully saturated rings. The molecular weight excluding hydrogens is 392 g/mol. The third kappa shape index (κ3) is 4.02. The molecule has 2 amide bonds. The van der Waals surface area contributed by atoms with E-state index in [9.17, 15) is 14.7 Å². The molecule has 0 unspecified atom stereocenters. The topological polar surface area (TPSA) is 136 Å². The van der Waals surface area contributed by atoms with Crippen molar-refractivity contribution in [2.75, 3.05) is 16.4 Å². The van der Waals surface area contributed by atoms with Gasteiger partial charge in [0.25, 0.3) is 5.91 Å². The minimum atomic E-state index is -0.694. The molecule has 7 N–H and O–H groups in total. The molecule has 0 aliphatic carbocycles. The average molecular weight is 418 g/mol. The Kier molecular flexibility index (Phi) is 5.62. The van der Waals surface area contributed by atoms with Crippen LogP contribution in [0.2, 0.25) is 0 Å². The van der Waals surface area contributed by atoms with E-state index in [1.165, 1.54) is 23.1 Å². The smallest absolute Gasteiger partial charge is 0.266 e. The van der Waals surface area contributed by atoms with Crippen LogP contribution >= 0.6 is 0 Å². The molecule has 0 bridgehead atoms. The van der Waals surface area contributed by atoms with Crippen LogP contribution in [0.15, 0.2) is 42.5 Å². The number of nitrogens with zero attached hydrogens (tertiary/aromatic N) is 1. The van der Waals surface area contributed by atoms with Gasteiger partial charge in [-0.25, -0.2) is 0 Å². The van der Waals surface area contributed by atoms with Crippen molar-refractivity contribution in [3.8, 4) is 5.75 Å². The molecule has 0 aromatic heterocycles. The standard InChI is InChI=1S/C24H26N4O3/c1-12-7-17(8-13(2)21(12)25)28(18-9-14(3)22(26)15(4)10-18)24(31)19-6-5-16(23(27)30)11-20(19)29/h5-11,29H,25-26H2,1-4H3,(H2,27,30). The van der Waals surface area contributed by atoms with Crippen molar-refractivity contribution < 1.29 is 14.7 Å². The van der Waals surface area contributed by atoms with Crippen LogP contribution in [0, 0.1) is 27.7 Å². The van der Waals surface area contributed by atoms with Crippen LogP contribution in [0.5, 0.6) is 5.75 Å². The van der Waals surface area contributed by atoms with Gasteiger partial charge in [0, 0.05) is 28.3 Å². The number of carbonyl (C=O) groups excluding carboxylic acids is 2. The number of amides is 2. The van der Waals surface area contributed by atoms with Crippen molar-refractivity contribution in [3.63, 3.8) is 0 Å². The summed E-state index contributed by atoms with van der Waals surface area (Å²) in [6, 6.07) is 11.2. The molecule has 0 aliphatic rings. The fraction of sp³-hybridized carbons (Fsp3) is 0.167. The molecule has 0 atom stereocenters. The first-order valence-corrected chi connectivity index (χ1v) is 9.72. The number of aromatic hydroxyl groups is 1. The molecule has 3 aromatic carbocycles. The van der Waals surface area contributed by atoms with Crippen LogP contribution in [0.1, 0.15) is 43.0 Å².